The second-order valence-corrected chi connectivity index (χ2v) is 3.41. The summed E-state index contributed by atoms with van der Waals surface area (Å²) in [7, 11) is 0. The fraction of sp³-hybridized carbons (Fsp3) is 0.300. The first kappa shape index (κ1) is 8.26. The minimum absolute atomic E-state index is 0.373. The van der Waals surface area contributed by atoms with Crippen molar-refractivity contribution in [2.24, 2.45) is 0 Å². The number of hydrogen-bond acceptors (Lipinski definition) is 3. The first-order valence-corrected chi connectivity index (χ1v) is 4.07. The Morgan fingerprint density at radius 3 is 2.85 bits per heavy atom. The molecule has 13 heavy (non-hydrogen) atoms. The van der Waals surface area contributed by atoms with Gasteiger partial charge >= 0.3 is 0 Å². The number of carbonyl (C=O) groups is 1. The minimum Gasteiger partial charge on any atom is -0.454 e. The van der Waals surface area contributed by atoms with Gasteiger partial charge in [-0.2, -0.15) is 0 Å². The highest BCUT2D eigenvalue weighted by atomic mass is 16.6. The number of Topliss-reactive ketones (excluding diaryl/α,β-unsaturated/α-hetero) is 1. The van der Waals surface area contributed by atoms with Crippen molar-refractivity contribution in [3.8, 4) is 5.75 Å². The van der Waals surface area contributed by atoms with Gasteiger partial charge in [-0.25, -0.2) is 0 Å². The molecule has 0 unspecified atom stereocenters. The second kappa shape index (κ2) is 2.33. The molecule has 0 aromatic heterocycles. The molecule has 1 aromatic rings. The average Bonchev–Trinajstić information content (AvgIpc) is 2.22. The van der Waals surface area contributed by atoms with E-state index in [4.69, 9.17) is 4.74 Å². The third-order valence-electron chi connectivity index (χ3n) is 2.11. The molecule has 3 nitrogen and oxygen atoms in total. The van der Waals surface area contributed by atoms with E-state index in [1.54, 1.807) is 12.1 Å². The van der Waals surface area contributed by atoms with Crippen LogP contribution in [0.25, 0.3) is 0 Å². The predicted octanol–water partition coefficient (Wildman–Crippen LogP) is 1.28. The topological polar surface area (TPSA) is 46.5 Å². The second-order valence-electron chi connectivity index (χ2n) is 3.41. The highest BCUT2D eigenvalue weighted by molar-refractivity contribution is 6.06. The zero-order chi connectivity index (χ0) is 9.64. The molecular weight excluding hydrogens is 168 g/mol. The molecule has 1 aliphatic rings. The smallest absolute Gasteiger partial charge is 0.269 e. The van der Waals surface area contributed by atoms with Gasteiger partial charge in [-0.3, -0.25) is 4.79 Å². The van der Waals surface area contributed by atoms with Gasteiger partial charge < -0.3 is 9.84 Å². The Balaban J connectivity index is 2.57. The first-order chi connectivity index (χ1) is 6.00. The molecule has 1 aliphatic heterocycles. The lowest BCUT2D eigenvalue weighted by Crippen LogP contribution is -2.35. The number of fused-ring (bicyclic) bond motifs is 1. The molecule has 68 valence electrons. The summed E-state index contributed by atoms with van der Waals surface area (Å²) >= 11 is 0. The lowest BCUT2D eigenvalue weighted by atomic mass is 10.1. The van der Waals surface area contributed by atoms with Crippen molar-refractivity contribution in [1.82, 2.24) is 0 Å². The Kier molecular flexibility index (Phi) is 1.48. The van der Waals surface area contributed by atoms with E-state index in [0.717, 1.165) is 5.56 Å². The van der Waals surface area contributed by atoms with Crippen molar-refractivity contribution in [3.05, 3.63) is 29.3 Å². The molecule has 0 fully saturated rings. The van der Waals surface area contributed by atoms with Crippen LogP contribution in [0.2, 0.25) is 0 Å². The van der Waals surface area contributed by atoms with Crippen LogP contribution in [0.4, 0.5) is 0 Å². The Bertz CT molecular complexity index is 380. The summed E-state index contributed by atoms with van der Waals surface area (Å²) in [4.78, 5) is 11.5. The molecule has 0 amide bonds. The molecular formula is C10H10O3. The minimum atomic E-state index is -1.68. The van der Waals surface area contributed by atoms with Crippen molar-refractivity contribution >= 4 is 5.78 Å². The van der Waals surface area contributed by atoms with E-state index >= 15 is 0 Å². The van der Waals surface area contributed by atoms with Gasteiger partial charge in [0.1, 0.15) is 5.75 Å². The van der Waals surface area contributed by atoms with Crippen molar-refractivity contribution < 1.29 is 14.6 Å². The highest BCUT2D eigenvalue weighted by Gasteiger charge is 2.41. The molecule has 0 saturated carbocycles. The zero-order valence-electron chi connectivity index (χ0n) is 7.50. The van der Waals surface area contributed by atoms with E-state index in [-0.39, 0.29) is 5.78 Å². The fourth-order valence-electron chi connectivity index (χ4n) is 1.41. The molecule has 0 aliphatic carbocycles. The lowest BCUT2D eigenvalue weighted by Gasteiger charge is -2.13. The van der Waals surface area contributed by atoms with Crippen molar-refractivity contribution in [2.75, 3.05) is 0 Å². The maximum absolute atomic E-state index is 11.5. The molecule has 3 heteroatoms. The largest absolute Gasteiger partial charge is 0.454 e. The molecule has 1 atom stereocenters. The first-order valence-electron chi connectivity index (χ1n) is 4.07. The lowest BCUT2D eigenvalue weighted by molar-refractivity contribution is -0.0749. The van der Waals surface area contributed by atoms with Crippen molar-refractivity contribution in [2.45, 2.75) is 19.6 Å². The van der Waals surface area contributed by atoms with Gasteiger partial charge in [-0.05, 0) is 24.6 Å². The summed E-state index contributed by atoms with van der Waals surface area (Å²) in [5.41, 5.74) is 1.46. The van der Waals surface area contributed by atoms with Gasteiger partial charge in [0.05, 0.1) is 5.56 Å². The van der Waals surface area contributed by atoms with Crippen LogP contribution in [-0.4, -0.2) is 16.7 Å². The van der Waals surface area contributed by atoms with Crippen LogP contribution in [0.15, 0.2) is 18.2 Å². The van der Waals surface area contributed by atoms with Crippen LogP contribution < -0.4 is 4.74 Å². The van der Waals surface area contributed by atoms with Crippen LogP contribution in [0.1, 0.15) is 22.8 Å². The Labute approximate surface area is 76.0 Å². The Morgan fingerprint density at radius 1 is 1.46 bits per heavy atom. The quantitative estimate of drug-likeness (QED) is 0.651. The van der Waals surface area contributed by atoms with Crippen LogP contribution >= 0.6 is 0 Å². The number of ketones is 1. The SMILES string of the molecule is Cc1ccc2c(c1)O[C@](C)(O)C2=O. The monoisotopic (exact) mass is 178 g/mol. The molecule has 1 heterocycles. The number of hydrogen-bond donors (Lipinski definition) is 1. The summed E-state index contributed by atoms with van der Waals surface area (Å²) in [5.74, 6) is -1.59. The van der Waals surface area contributed by atoms with E-state index in [1.807, 2.05) is 13.0 Å². The molecule has 0 bridgehead atoms. The number of ether oxygens (including phenoxy) is 1. The van der Waals surface area contributed by atoms with Crippen molar-refractivity contribution in [3.63, 3.8) is 0 Å². The van der Waals surface area contributed by atoms with Crippen LogP contribution in [-0.2, 0) is 0 Å². The summed E-state index contributed by atoms with van der Waals surface area (Å²) in [6.07, 6.45) is 0. The van der Waals surface area contributed by atoms with Crippen LogP contribution in [0.5, 0.6) is 5.75 Å². The maximum atomic E-state index is 11.5. The Hall–Kier alpha value is -1.35. The average molecular weight is 178 g/mol. The summed E-state index contributed by atoms with van der Waals surface area (Å²) in [6, 6.07) is 5.24. The van der Waals surface area contributed by atoms with E-state index in [2.05, 4.69) is 0 Å². The highest BCUT2D eigenvalue weighted by Crippen LogP contribution is 2.33. The number of benzene rings is 1. The molecule has 1 aromatic carbocycles. The number of carbonyl (C=O) groups excluding carboxylic acids is 1. The van der Waals surface area contributed by atoms with Gasteiger partial charge in [0.15, 0.2) is 0 Å². The summed E-state index contributed by atoms with van der Waals surface area (Å²) < 4.78 is 5.09. The predicted molar refractivity (Wildman–Crippen MR) is 46.8 cm³/mol. The maximum Gasteiger partial charge on any atom is 0.269 e. The van der Waals surface area contributed by atoms with E-state index in [9.17, 15) is 9.90 Å². The molecule has 1 N–H and O–H groups in total. The fourth-order valence-corrected chi connectivity index (χ4v) is 1.41. The van der Waals surface area contributed by atoms with Gasteiger partial charge in [0.2, 0.25) is 5.78 Å². The normalized spacial score (nSPS) is 25.6. The third-order valence-corrected chi connectivity index (χ3v) is 2.11. The molecule has 0 spiro atoms. The number of aliphatic hydroxyl groups is 1. The summed E-state index contributed by atoms with van der Waals surface area (Å²) in [5, 5.41) is 9.50. The van der Waals surface area contributed by atoms with Gasteiger partial charge in [-0.1, -0.05) is 6.07 Å². The van der Waals surface area contributed by atoms with Crippen LogP contribution in [0.3, 0.4) is 0 Å². The number of aryl methyl sites for hydroxylation is 1. The molecule has 0 radical (unpaired) electrons. The summed E-state index contributed by atoms with van der Waals surface area (Å²) in [6.45, 7) is 3.26. The van der Waals surface area contributed by atoms with E-state index in [1.165, 1.54) is 6.92 Å². The van der Waals surface area contributed by atoms with Gasteiger partial charge in [0.25, 0.3) is 5.79 Å². The van der Waals surface area contributed by atoms with Crippen LogP contribution in [0, 0.1) is 6.92 Å². The van der Waals surface area contributed by atoms with E-state index in [0.29, 0.717) is 11.3 Å². The van der Waals surface area contributed by atoms with Crippen molar-refractivity contribution in [1.29, 1.82) is 0 Å². The molecule has 2 rings (SSSR count). The zero-order valence-corrected chi connectivity index (χ0v) is 7.50. The molecule has 0 saturated heterocycles. The third kappa shape index (κ3) is 1.12. The standard InChI is InChI=1S/C10H10O3/c1-6-3-4-7-8(5-6)13-10(2,12)9(7)11/h3-5,12H,1-2H3/t10-/m0/s1. The number of rotatable bonds is 0. The van der Waals surface area contributed by atoms with Gasteiger partial charge in [0, 0.05) is 6.92 Å². The van der Waals surface area contributed by atoms with E-state index < -0.39 is 5.79 Å². The van der Waals surface area contributed by atoms with Gasteiger partial charge in [-0.15, -0.1) is 0 Å². The Morgan fingerprint density at radius 2 is 2.15 bits per heavy atom.